The summed E-state index contributed by atoms with van der Waals surface area (Å²) in [7, 11) is 1.26. The third kappa shape index (κ3) is 2.62. The average molecular weight is 210 g/mol. The topological polar surface area (TPSA) is 26.3 Å². The van der Waals surface area contributed by atoms with E-state index in [1.165, 1.54) is 7.11 Å². The van der Waals surface area contributed by atoms with Crippen molar-refractivity contribution >= 4 is 5.97 Å². The lowest BCUT2D eigenvalue weighted by Gasteiger charge is -2.28. The summed E-state index contributed by atoms with van der Waals surface area (Å²) in [6.07, 6.45) is -3.44. The highest BCUT2D eigenvalue weighted by Crippen LogP contribution is 2.39. The number of ether oxygens (including phenoxy) is 1. The van der Waals surface area contributed by atoms with Crippen LogP contribution in [0, 0.1) is 11.8 Å². The van der Waals surface area contributed by atoms with Crippen LogP contribution in [0.2, 0.25) is 0 Å². The van der Waals surface area contributed by atoms with Crippen LogP contribution < -0.4 is 0 Å². The molecule has 0 aromatic carbocycles. The second-order valence-electron chi connectivity index (χ2n) is 3.61. The van der Waals surface area contributed by atoms with Crippen molar-refractivity contribution in [3.05, 3.63) is 0 Å². The highest BCUT2D eigenvalue weighted by Gasteiger charge is 2.42. The van der Waals surface area contributed by atoms with E-state index in [4.69, 9.17) is 0 Å². The van der Waals surface area contributed by atoms with Gasteiger partial charge in [-0.15, -0.1) is 0 Å². The van der Waals surface area contributed by atoms with Gasteiger partial charge in [0.15, 0.2) is 0 Å². The fourth-order valence-corrected chi connectivity index (χ4v) is 1.82. The first-order valence-electron chi connectivity index (χ1n) is 4.59. The normalized spacial score (nSPS) is 28.6. The van der Waals surface area contributed by atoms with Gasteiger partial charge < -0.3 is 4.74 Å². The van der Waals surface area contributed by atoms with Crippen molar-refractivity contribution in [2.24, 2.45) is 11.8 Å². The second kappa shape index (κ2) is 4.19. The van der Waals surface area contributed by atoms with Crippen LogP contribution >= 0.6 is 0 Å². The molecule has 0 N–H and O–H groups in total. The number of carbonyl (C=O) groups excluding carboxylic acids is 1. The van der Waals surface area contributed by atoms with Crippen molar-refractivity contribution in [1.29, 1.82) is 0 Å². The number of halogens is 3. The van der Waals surface area contributed by atoms with Gasteiger partial charge in [0.05, 0.1) is 18.9 Å². The number of hydrogen-bond acceptors (Lipinski definition) is 2. The number of methoxy groups -OCH3 is 1. The zero-order valence-corrected chi connectivity index (χ0v) is 7.93. The van der Waals surface area contributed by atoms with Gasteiger partial charge in [0.25, 0.3) is 0 Å². The van der Waals surface area contributed by atoms with E-state index in [2.05, 4.69) is 4.74 Å². The zero-order chi connectivity index (χ0) is 10.8. The van der Waals surface area contributed by atoms with E-state index >= 15 is 0 Å². The van der Waals surface area contributed by atoms with E-state index in [0.29, 0.717) is 0 Å². The third-order valence-electron chi connectivity index (χ3n) is 2.72. The van der Waals surface area contributed by atoms with Gasteiger partial charge in [-0.05, 0) is 25.7 Å². The predicted molar refractivity (Wildman–Crippen MR) is 43.5 cm³/mol. The largest absolute Gasteiger partial charge is 0.469 e. The molecule has 0 aliphatic heterocycles. The summed E-state index contributed by atoms with van der Waals surface area (Å²) in [4.78, 5) is 11.0. The molecule has 5 heteroatoms. The lowest BCUT2D eigenvalue weighted by atomic mass is 9.82. The van der Waals surface area contributed by atoms with E-state index in [0.717, 1.165) is 0 Å². The van der Waals surface area contributed by atoms with Crippen LogP contribution in [-0.4, -0.2) is 19.3 Å². The molecule has 0 heterocycles. The summed E-state index contributed by atoms with van der Waals surface area (Å²) in [6.45, 7) is 0. The van der Waals surface area contributed by atoms with Crippen molar-refractivity contribution in [3.63, 3.8) is 0 Å². The molecule has 0 atom stereocenters. The molecule has 0 aromatic rings. The van der Waals surface area contributed by atoms with Crippen LogP contribution in [0.5, 0.6) is 0 Å². The van der Waals surface area contributed by atoms with Crippen molar-refractivity contribution < 1.29 is 22.7 Å². The van der Waals surface area contributed by atoms with Crippen molar-refractivity contribution in [3.8, 4) is 0 Å². The maximum atomic E-state index is 12.2. The summed E-state index contributed by atoms with van der Waals surface area (Å²) < 4.78 is 41.2. The van der Waals surface area contributed by atoms with Crippen LogP contribution in [-0.2, 0) is 9.53 Å². The molecule has 1 fully saturated rings. The Morgan fingerprint density at radius 1 is 1.21 bits per heavy atom. The van der Waals surface area contributed by atoms with Gasteiger partial charge in [0.1, 0.15) is 0 Å². The Balaban J connectivity index is 2.43. The Morgan fingerprint density at radius 2 is 1.71 bits per heavy atom. The molecule has 1 aliphatic carbocycles. The summed E-state index contributed by atoms with van der Waals surface area (Å²) in [5.41, 5.74) is 0. The van der Waals surface area contributed by atoms with Gasteiger partial charge in [-0.3, -0.25) is 4.79 Å². The van der Waals surface area contributed by atoms with Gasteiger partial charge in [0.2, 0.25) is 0 Å². The second-order valence-corrected chi connectivity index (χ2v) is 3.61. The highest BCUT2D eigenvalue weighted by atomic mass is 19.4. The third-order valence-corrected chi connectivity index (χ3v) is 2.72. The summed E-state index contributed by atoms with van der Waals surface area (Å²) in [5, 5.41) is 0. The highest BCUT2D eigenvalue weighted by molar-refractivity contribution is 5.72. The molecular weight excluding hydrogens is 197 g/mol. The molecule has 82 valence electrons. The lowest BCUT2D eigenvalue weighted by molar-refractivity contribution is -0.186. The van der Waals surface area contributed by atoms with E-state index in [1.54, 1.807) is 0 Å². The van der Waals surface area contributed by atoms with E-state index in [-0.39, 0.29) is 37.6 Å². The maximum absolute atomic E-state index is 12.2. The van der Waals surface area contributed by atoms with Crippen molar-refractivity contribution in [1.82, 2.24) is 0 Å². The van der Waals surface area contributed by atoms with E-state index < -0.39 is 12.1 Å². The summed E-state index contributed by atoms with van der Waals surface area (Å²) in [6, 6.07) is 0. The maximum Gasteiger partial charge on any atom is 0.391 e. The number of hydrogen-bond donors (Lipinski definition) is 0. The van der Waals surface area contributed by atoms with Crippen LogP contribution in [0.4, 0.5) is 13.2 Å². The smallest absolute Gasteiger partial charge is 0.391 e. The quantitative estimate of drug-likeness (QED) is 0.621. The number of alkyl halides is 3. The Labute approximate surface area is 80.4 Å². The molecule has 0 radical (unpaired) electrons. The molecule has 0 unspecified atom stereocenters. The van der Waals surface area contributed by atoms with Crippen LogP contribution in [0.3, 0.4) is 0 Å². The van der Waals surface area contributed by atoms with Crippen molar-refractivity contribution in [2.75, 3.05) is 7.11 Å². The zero-order valence-electron chi connectivity index (χ0n) is 7.93. The molecule has 1 aliphatic rings. The molecule has 0 spiro atoms. The number of rotatable bonds is 1. The van der Waals surface area contributed by atoms with Gasteiger partial charge in [0, 0.05) is 0 Å². The molecule has 0 amide bonds. The molecular formula is C9H13F3O2. The van der Waals surface area contributed by atoms with E-state index in [9.17, 15) is 18.0 Å². The molecule has 1 rings (SSSR count). The van der Waals surface area contributed by atoms with Crippen LogP contribution in [0.1, 0.15) is 25.7 Å². The fourth-order valence-electron chi connectivity index (χ4n) is 1.82. The SMILES string of the molecule is COC(=O)C1CCC(C(F)(F)F)CC1. The fraction of sp³-hybridized carbons (Fsp3) is 0.889. The van der Waals surface area contributed by atoms with Gasteiger partial charge in [-0.25, -0.2) is 0 Å². The Hall–Kier alpha value is -0.740. The summed E-state index contributed by atoms with van der Waals surface area (Å²) >= 11 is 0. The molecule has 1 saturated carbocycles. The predicted octanol–water partition coefficient (Wildman–Crippen LogP) is 2.53. The summed E-state index contributed by atoms with van der Waals surface area (Å²) in [5.74, 6) is -1.95. The van der Waals surface area contributed by atoms with Gasteiger partial charge in [-0.1, -0.05) is 0 Å². The first-order valence-corrected chi connectivity index (χ1v) is 4.59. The molecule has 14 heavy (non-hydrogen) atoms. The number of carbonyl (C=O) groups is 1. The van der Waals surface area contributed by atoms with Gasteiger partial charge in [-0.2, -0.15) is 13.2 Å². The molecule has 0 saturated heterocycles. The molecule has 2 nitrogen and oxygen atoms in total. The van der Waals surface area contributed by atoms with E-state index in [1.807, 2.05) is 0 Å². The van der Waals surface area contributed by atoms with Crippen LogP contribution in [0.25, 0.3) is 0 Å². The minimum absolute atomic E-state index is 0.0449. The minimum atomic E-state index is -4.11. The van der Waals surface area contributed by atoms with Crippen LogP contribution in [0.15, 0.2) is 0 Å². The Morgan fingerprint density at radius 3 is 2.07 bits per heavy atom. The Bertz CT molecular complexity index is 205. The first-order chi connectivity index (χ1) is 6.45. The molecule has 0 bridgehead atoms. The van der Waals surface area contributed by atoms with Gasteiger partial charge >= 0.3 is 12.1 Å². The lowest BCUT2D eigenvalue weighted by Crippen LogP contribution is -2.30. The molecule has 0 aromatic heterocycles. The number of esters is 1. The Kier molecular flexibility index (Phi) is 3.39. The standard InChI is InChI=1S/C9H13F3O2/c1-14-8(13)6-2-4-7(5-3-6)9(10,11)12/h6-7H,2-5H2,1H3. The monoisotopic (exact) mass is 210 g/mol. The average Bonchev–Trinajstić information content (AvgIpc) is 2.15. The van der Waals surface area contributed by atoms with Crippen molar-refractivity contribution in [2.45, 2.75) is 31.9 Å². The minimum Gasteiger partial charge on any atom is -0.469 e. The first kappa shape index (κ1) is 11.3.